The van der Waals surface area contributed by atoms with Gasteiger partial charge in [0.15, 0.2) is 0 Å². The second-order valence-electron chi connectivity index (χ2n) is 7.67. The van der Waals surface area contributed by atoms with Gasteiger partial charge in [-0.15, -0.1) is 0 Å². The summed E-state index contributed by atoms with van der Waals surface area (Å²) < 4.78 is 0. The highest BCUT2D eigenvalue weighted by Gasteiger charge is 2.23. The van der Waals surface area contributed by atoms with Gasteiger partial charge in [-0.1, -0.05) is 25.1 Å². The van der Waals surface area contributed by atoms with E-state index in [-0.39, 0.29) is 11.8 Å². The molecule has 8 nitrogen and oxygen atoms in total. The molecule has 0 radical (unpaired) electrons. The first-order chi connectivity index (χ1) is 15.1. The minimum atomic E-state index is -0.0288. The summed E-state index contributed by atoms with van der Waals surface area (Å²) in [4.78, 5) is 34.1. The Kier molecular flexibility index (Phi) is 4.74. The number of carbonyl (C=O) groups is 1. The molecular weight excluding hydrogens is 390 g/mol. The number of anilines is 1. The van der Waals surface area contributed by atoms with Crippen molar-refractivity contribution in [3.8, 4) is 11.3 Å². The third kappa shape index (κ3) is 3.56. The second kappa shape index (κ2) is 7.71. The van der Waals surface area contributed by atoms with Crippen LogP contribution >= 0.6 is 0 Å². The number of amides is 1. The molecule has 4 aromatic rings. The van der Waals surface area contributed by atoms with Crippen LogP contribution in [0.5, 0.6) is 0 Å². The van der Waals surface area contributed by atoms with Gasteiger partial charge in [0.1, 0.15) is 18.0 Å². The van der Waals surface area contributed by atoms with Gasteiger partial charge in [-0.25, -0.2) is 19.9 Å². The number of nitrogens with zero attached hydrogens (tertiary/aromatic N) is 5. The van der Waals surface area contributed by atoms with Crippen molar-refractivity contribution in [2.24, 2.45) is 0 Å². The maximum Gasteiger partial charge on any atom is 0.252 e. The van der Waals surface area contributed by atoms with Crippen molar-refractivity contribution >= 4 is 22.6 Å². The first kappa shape index (κ1) is 19.0. The van der Waals surface area contributed by atoms with Crippen molar-refractivity contribution in [1.82, 2.24) is 30.2 Å². The molecule has 0 saturated heterocycles. The largest absolute Gasteiger partial charge is 0.369 e. The smallest absolute Gasteiger partial charge is 0.252 e. The number of benzene rings is 1. The Balaban J connectivity index is 1.38. The van der Waals surface area contributed by atoms with Crippen LogP contribution in [0.25, 0.3) is 22.2 Å². The highest BCUT2D eigenvalue weighted by molar-refractivity contribution is 6.09. The van der Waals surface area contributed by atoms with Gasteiger partial charge in [-0.05, 0) is 12.5 Å². The van der Waals surface area contributed by atoms with E-state index in [2.05, 4.69) is 48.5 Å². The van der Waals surface area contributed by atoms with Gasteiger partial charge in [0, 0.05) is 60.2 Å². The number of aromatic nitrogens is 5. The molecule has 154 valence electrons. The third-order valence-electron chi connectivity index (χ3n) is 5.54. The lowest BCUT2D eigenvalue weighted by Gasteiger charge is -2.16. The molecule has 31 heavy (non-hydrogen) atoms. The Morgan fingerprint density at radius 3 is 2.77 bits per heavy atom. The van der Waals surface area contributed by atoms with E-state index in [1.807, 2.05) is 25.1 Å². The zero-order valence-corrected chi connectivity index (χ0v) is 17.3. The Hall–Kier alpha value is -3.94. The van der Waals surface area contributed by atoms with Crippen LogP contribution in [-0.4, -0.2) is 37.4 Å². The lowest BCUT2D eigenvalue weighted by atomic mass is 9.95. The Labute approximate surface area is 179 Å². The molecule has 1 atom stereocenters. The van der Waals surface area contributed by atoms with Gasteiger partial charge in [0.05, 0.1) is 16.8 Å². The first-order valence-electron chi connectivity index (χ1n) is 10.1. The van der Waals surface area contributed by atoms with Crippen molar-refractivity contribution in [3.05, 3.63) is 71.7 Å². The summed E-state index contributed by atoms with van der Waals surface area (Å²) in [6.07, 6.45) is 6.85. The monoisotopic (exact) mass is 411 g/mol. The minimum Gasteiger partial charge on any atom is -0.369 e. The number of para-hydroxylation sites is 1. The Morgan fingerprint density at radius 1 is 1.10 bits per heavy atom. The SMILES string of the molecule is Cc1ncc(-c2cc(NCC(C)c3cccc4c5c(cnc34)CNC5=O)ncn2)cn1. The van der Waals surface area contributed by atoms with Crippen LogP contribution < -0.4 is 10.6 Å². The molecule has 4 heterocycles. The number of aryl methyl sites for hydroxylation is 1. The summed E-state index contributed by atoms with van der Waals surface area (Å²) in [6.45, 7) is 5.18. The van der Waals surface area contributed by atoms with Crippen LogP contribution in [-0.2, 0) is 6.54 Å². The van der Waals surface area contributed by atoms with Gasteiger partial charge in [0.25, 0.3) is 5.91 Å². The fourth-order valence-electron chi connectivity index (χ4n) is 3.86. The van der Waals surface area contributed by atoms with E-state index in [0.717, 1.165) is 50.5 Å². The molecular formula is C23H21N7O. The highest BCUT2D eigenvalue weighted by atomic mass is 16.1. The minimum absolute atomic E-state index is 0.0288. The topological polar surface area (TPSA) is 106 Å². The highest BCUT2D eigenvalue weighted by Crippen LogP contribution is 2.30. The summed E-state index contributed by atoms with van der Waals surface area (Å²) in [5, 5.41) is 7.17. The summed E-state index contributed by atoms with van der Waals surface area (Å²) in [6, 6.07) is 7.91. The maximum absolute atomic E-state index is 12.3. The van der Waals surface area contributed by atoms with Crippen molar-refractivity contribution in [1.29, 1.82) is 0 Å². The summed E-state index contributed by atoms with van der Waals surface area (Å²) in [5.74, 6) is 1.57. The second-order valence-corrected chi connectivity index (χ2v) is 7.67. The molecule has 1 aromatic carbocycles. The standard InChI is InChI=1S/C23H21N7O/c1-13(7-26-20-6-19(29-12-30-20)15-8-24-14(2)25-9-15)17-4-3-5-18-21-16(10-27-22(17)18)11-28-23(21)31/h3-6,8-10,12-13H,7,11H2,1-2H3,(H,28,31)(H,26,29,30). The number of pyridine rings is 1. The predicted octanol–water partition coefficient (Wildman–Crippen LogP) is 3.25. The number of fused-ring (bicyclic) bond motifs is 3. The number of hydrogen-bond donors (Lipinski definition) is 2. The molecule has 1 amide bonds. The van der Waals surface area contributed by atoms with Crippen LogP contribution in [0.4, 0.5) is 5.82 Å². The lowest BCUT2D eigenvalue weighted by Crippen LogP contribution is -2.13. The van der Waals surface area contributed by atoms with Crippen LogP contribution in [0.3, 0.4) is 0 Å². The van der Waals surface area contributed by atoms with E-state index < -0.39 is 0 Å². The summed E-state index contributed by atoms with van der Waals surface area (Å²) in [7, 11) is 0. The van der Waals surface area contributed by atoms with Gasteiger partial charge in [0.2, 0.25) is 0 Å². The molecule has 0 bridgehead atoms. The zero-order valence-electron chi connectivity index (χ0n) is 17.3. The fraction of sp³-hybridized carbons (Fsp3) is 0.217. The van der Waals surface area contributed by atoms with Gasteiger partial charge < -0.3 is 10.6 Å². The van der Waals surface area contributed by atoms with E-state index >= 15 is 0 Å². The number of rotatable bonds is 5. The third-order valence-corrected chi connectivity index (χ3v) is 5.54. The first-order valence-corrected chi connectivity index (χ1v) is 10.1. The van der Waals surface area contributed by atoms with E-state index in [4.69, 9.17) is 0 Å². The van der Waals surface area contributed by atoms with E-state index in [0.29, 0.717) is 13.1 Å². The van der Waals surface area contributed by atoms with Gasteiger partial charge in [-0.2, -0.15) is 0 Å². The number of nitrogens with one attached hydrogen (secondary N) is 2. The molecule has 5 rings (SSSR count). The van der Waals surface area contributed by atoms with E-state index in [1.165, 1.54) is 6.33 Å². The molecule has 0 saturated carbocycles. The van der Waals surface area contributed by atoms with Crippen LogP contribution in [0.1, 0.15) is 40.2 Å². The molecule has 2 N–H and O–H groups in total. The molecule has 1 unspecified atom stereocenters. The van der Waals surface area contributed by atoms with E-state index in [9.17, 15) is 4.79 Å². The van der Waals surface area contributed by atoms with Crippen molar-refractivity contribution < 1.29 is 4.79 Å². The van der Waals surface area contributed by atoms with Crippen molar-refractivity contribution in [2.75, 3.05) is 11.9 Å². The lowest BCUT2D eigenvalue weighted by molar-refractivity contribution is 0.0967. The van der Waals surface area contributed by atoms with E-state index in [1.54, 1.807) is 18.6 Å². The predicted molar refractivity (Wildman–Crippen MR) is 118 cm³/mol. The number of carbonyl (C=O) groups excluding carboxylic acids is 1. The summed E-state index contributed by atoms with van der Waals surface area (Å²) in [5.41, 5.74) is 5.26. The van der Waals surface area contributed by atoms with Crippen LogP contribution in [0, 0.1) is 6.92 Å². The number of hydrogen-bond acceptors (Lipinski definition) is 7. The van der Waals surface area contributed by atoms with Gasteiger partial charge >= 0.3 is 0 Å². The normalized spacial score (nSPS) is 13.7. The molecule has 0 fully saturated rings. The average molecular weight is 411 g/mol. The fourth-order valence-corrected chi connectivity index (χ4v) is 3.86. The molecule has 3 aromatic heterocycles. The zero-order chi connectivity index (χ0) is 21.4. The average Bonchev–Trinajstić information content (AvgIpc) is 3.19. The molecule has 1 aliphatic heterocycles. The Bertz CT molecular complexity index is 1290. The summed E-state index contributed by atoms with van der Waals surface area (Å²) >= 11 is 0. The molecule has 0 spiro atoms. The maximum atomic E-state index is 12.3. The van der Waals surface area contributed by atoms with Crippen LogP contribution in [0.15, 0.2) is 49.2 Å². The Morgan fingerprint density at radius 2 is 1.94 bits per heavy atom. The van der Waals surface area contributed by atoms with Crippen molar-refractivity contribution in [2.45, 2.75) is 26.3 Å². The quantitative estimate of drug-likeness (QED) is 0.519. The van der Waals surface area contributed by atoms with Crippen molar-refractivity contribution in [3.63, 3.8) is 0 Å². The molecule has 8 heteroatoms. The van der Waals surface area contributed by atoms with Crippen LogP contribution in [0.2, 0.25) is 0 Å². The van der Waals surface area contributed by atoms with Gasteiger partial charge in [-0.3, -0.25) is 9.78 Å². The molecule has 0 aliphatic carbocycles. The molecule has 1 aliphatic rings.